The van der Waals surface area contributed by atoms with Gasteiger partial charge in [0, 0.05) is 25.4 Å². The van der Waals surface area contributed by atoms with Gasteiger partial charge < -0.3 is 15.4 Å². The predicted octanol–water partition coefficient (Wildman–Crippen LogP) is 2.68. The summed E-state index contributed by atoms with van der Waals surface area (Å²) in [4.78, 5) is 8.78. The summed E-state index contributed by atoms with van der Waals surface area (Å²) in [5, 5.41) is 6.64. The van der Waals surface area contributed by atoms with Gasteiger partial charge in [0.1, 0.15) is 0 Å². The molecule has 0 aliphatic rings. The van der Waals surface area contributed by atoms with E-state index in [1.165, 1.54) is 12.2 Å². The van der Waals surface area contributed by atoms with Crippen LogP contribution in [0, 0.1) is 0 Å². The van der Waals surface area contributed by atoms with Gasteiger partial charge in [-0.05, 0) is 50.3 Å². The number of thioether (sulfide) groups is 1. The monoisotopic (exact) mass is 324 g/mol. The van der Waals surface area contributed by atoms with Crippen LogP contribution in [-0.4, -0.2) is 42.6 Å². The van der Waals surface area contributed by atoms with Gasteiger partial charge in [-0.3, -0.25) is 0 Å². The van der Waals surface area contributed by atoms with Crippen LogP contribution < -0.4 is 15.4 Å². The van der Waals surface area contributed by atoms with Gasteiger partial charge in [-0.1, -0.05) is 0 Å². The van der Waals surface area contributed by atoms with Crippen LogP contribution in [0.15, 0.2) is 23.3 Å². The molecule has 0 aromatic carbocycles. The predicted molar refractivity (Wildman–Crippen MR) is 95.8 cm³/mol. The van der Waals surface area contributed by atoms with Crippen molar-refractivity contribution in [3.63, 3.8) is 0 Å². The summed E-state index contributed by atoms with van der Waals surface area (Å²) < 4.78 is 5.41. The Balaban J connectivity index is 2.48. The van der Waals surface area contributed by atoms with Crippen LogP contribution >= 0.6 is 11.8 Å². The topological polar surface area (TPSA) is 58.5 Å². The average Bonchev–Trinajstić information content (AvgIpc) is 2.53. The first-order chi connectivity index (χ1) is 10.8. The lowest BCUT2D eigenvalue weighted by Gasteiger charge is -2.11. The van der Waals surface area contributed by atoms with Crippen molar-refractivity contribution in [2.24, 2.45) is 4.99 Å². The van der Waals surface area contributed by atoms with Crippen LogP contribution in [0.1, 0.15) is 32.3 Å². The van der Waals surface area contributed by atoms with E-state index in [-0.39, 0.29) is 0 Å². The number of pyridine rings is 1. The van der Waals surface area contributed by atoms with Crippen molar-refractivity contribution in [3.8, 4) is 5.88 Å². The van der Waals surface area contributed by atoms with Crippen molar-refractivity contribution in [2.45, 2.75) is 33.2 Å². The van der Waals surface area contributed by atoms with Gasteiger partial charge in [0.25, 0.3) is 0 Å². The van der Waals surface area contributed by atoms with E-state index in [1.54, 1.807) is 6.20 Å². The number of aliphatic imine (C=N–C) groups is 1. The van der Waals surface area contributed by atoms with Gasteiger partial charge in [0.05, 0.1) is 13.2 Å². The van der Waals surface area contributed by atoms with Gasteiger partial charge >= 0.3 is 0 Å². The molecule has 0 spiro atoms. The van der Waals surface area contributed by atoms with Crippen molar-refractivity contribution in [1.29, 1.82) is 0 Å². The maximum atomic E-state index is 5.41. The van der Waals surface area contributed by atoms with E-state index in [0.717, 1.165) is 31.0 Å². The Bertz CT molecular complexity index is 440. The normalized spacial score (nSPS) is 11.3. The Morgan fingerprint density at radius 2 is 2.18 bits per heavy atom. The van der Waals surface area contributed by atoms with Crippen LogP contribution in [0.2, 0.25) is 0 Å². The summed E-state index contributed by atoms with van der Waals surface area (Å²) in [6.07, 6.45) is 6.30. The minimum atomic E-state index is 0.614. The van der Waals surface area contributed by atoms with Crippen LogP contribution in [0.4, 0.5) is 0 Å². The Labute approximate surface area is 138 Å². The first-order valence-electron chi connectivity index (χ1n) is 7.89. The summed E-state index contributed by atoms with van der Waals surface area (Å²) >= 11 is 1.89. The van der Waals surface area contributed by atoms with Gasteiger partial charge in [-0.25, -0.2) is 9.98 Å². The molecular formula is C16H28N4OS. The molecule has 6 heteroatoms. The molecule has 0 saturated heterocycles. The van der Waals surface area contributed by atoms with Gasteiger partial charge in [0.15, 0.2) is 5.96 Å². The Kier molecular flexibility index (Phi) is 10.3. The molecule has 1 rings (SSSR count). The molecule has 5 nitrogen and oxygen atoms in total. The van der Waals surface area contributed by atoms with Gasteiger partial charge in [-0.15, -0.1) is 0 Å². The fourth-order valence-electron chi connectivity index (χ4n) is 1.87. The second-order valence-electron chi connectivity index (χ2n) is 4.76. The molecule has 22 heavy (non-hydrogen) atoms. The summed E-state index contributed by atoms with van der Waals surface area (Å²) in [6.45, 7) is 7.08. The molecule has 0 radical (unpaired) electrons. The summed E-state index contributed by atoms with van der Waals surface area (Å²) in [5.74, 6) is 2.73. The molecule has 0 amide bonds. The highest BCUT2D eigenvalue weighted by Crippen LogP contribution is 2.10. The number of guanidine groups is 1. The van der Waals surface area contributed by atoms with E-state index in [9.17, 15) is 0 Å². The molecule has 2 N–H and O–H groups in total. The number of nitrogens with one attached hydrogen (secondary N) is 2. The molecule has 0 fully saturated rings. The number of nitrogens with zero attached hydrogens (tertiary/aromatic N) is 2. The van der Waals surface area contributed by atoms with Gasteiger partial charge in [-0.2, -0.15) is 11.8 Å². The lowest BCUT2D eigenvalue weighted by atomic mass is 10.3. The van der Waals surface area contributed by atoms with E-state index in [1.807, 2.05) is 30.8 Å². The van der Waals surface area contributed by atoms with E-state index in [0.29, 0.717) is 19.0 Å². The molecule has 0 saturated carbocycles. The molecule has 0 atom stereocenters. The highest BCUT2D eigenvalue weighted by Gasteiger charge is 2.00. The lowest BCUT2D eigenvalue weighted by Crippen LogP contribution is -2.37. The quantitative estimate of drug-likeness (QED) is 0.394. The van der Waals surface area contributed by atoms with Crippen molar-refractivity contribution in [1.82, 2.24) is 15.6 Å². The Morgan fingerprint density at radius 3 is 2.91 bits per heavy atom. The SMILES string of the molecule is CCNC(=NCc1ccnc(OCC)c1)NCCCCSC. The lowest BCUT2D eigenvalue weighted by molar-refractivity contribution is 0.326. The summed E-state index contributed by atoms with van der Waals surface area (Å²) in [7, 11) is 0. The van der Waals surface area contributed by atoms with Crippen LogP contribution in [0.5, 0.6) is 5.88 Å². The molecule has 0 unspecified atom stereocenters. The Hall–Kier alpha value is -1.43. The van der Waals surface area contributed by atoms with Crippen LogP contribution in [0.3, 0.4) is 0 Å². The maximum absolute atomic E-state index is 5.41. The number of aromatic nitrogens is 1. The third-order valence-electron chi connectivity index (χ3n) is 2.92. The summed E-state index contributed by atoms with van der Waals surface area (Å²) in [6, 6.07) is 3.91. The molecule has 1 aromatic rings. The van der Waals surface area contributed by atoms with Crippen molar-refractivity contribution < 1.29 is 4.74 Å². The van der Waals surface area contributed by atoms with E-state index < -0.39 is 0 Å². The largest absolute Gasteiger partial charge is 0.478 e. The highest BCUT2D eigenvalue weighted by atomic mass is 32.2. The number of hydrogen-bond donors (Lipinski definition) is 2. The first kappa shape index (κ1) is 18.6. The number of ether oxygens (including phenoxy) is 1. The van der Waals surface area contributed by atoms with E-state index in [2.05, 4.69) is 33.8 Å². The molecule has 1 heterocycles. The standard InChI is InChI=1S/C16H28N4OS/c1-4-17-16(19-9-6-7-11-22-3)20-13-14-8-10-18-15(12-14)21-5-2/h8,10,12H,4-7,9,11,13H2,1-3H3,(H2,17,19,20). The number of hydrogen-bond acceptors (Lipinski definition) is 4. The fraction of sp³-hybridized carbons (Fsp3) is 0.625. The number of rotatable bonds is 10. The minimum absolute atomic E-state index is 0.614. The van der Waals surface area contributed by atoms with Crippen molar-refractivity contribution in [2.75, 3.05) is 31.7 Å². The summed E-state index contributed by atoms with van der Waals surface area (Å²) in [5.41, 5.74) is 1.10. The second kappa shape index (κ2) is 12.1. The molecule has 0 aliphatic heterocycles. The van der Waals surface area contributed by atoms with Crippen LogP contribution in [0.25, 0.3) is 0 Å². The zero-order valence-electron chi connectivity index (χ0n) is 13.9. The zero-order valence-corrected chi connectivity index (χ0v) is 14.7. The van der Waals surface area contributed by atoms with Gasteiger partial charge in [0.2, 0.25) is 5.88 Å². The highest BCUT2D eigenvalue weighted by molar-refractivity contribution is 7.98. The molecule has 0 aliphatic carbocycles. The molecular weight excluding hydrogens is 296 g/mol. The third-order valence-corrected chi connectivity index (χ3v) is 3.62. The molecule has 124 valence electrons. The molecule has 1 aromatic heterocycles. The second-order valence-corrected chi connectivity index (χ2v) is 5.74. The Morgan fingerprint density at radius 1 is 1.32 bits per heavy atom. The first-order valence-corrected chi connectivity index (χ1v) is 9.28. The molecule has 0 bridgehead atoms. The van der Waals surface area contributed by atoms with Crippen molar-refractivity contribution in [3.05, 3.63) is 23.9 Å². The average molecular weight is 324 g/mol. The van der Waals surface area contributed by atoms with E-state index >= 15 is 0 Å². The zero-order chi connectivity index (χ0) is 16.0. The number of unbranched alkanes of at least 4 members (excludes halogenated alkanes) is 1. The van der Waals surface area contributed by atoms with Crippen molar-refractivity contribution >= 4 is 17.7 Å². The fourth-order valence-corrected chi connectivity index (χ4v) is 2.36. The van der Waals surface area contributed by atoms with E-state index in [4.69, 9.17) is 4.74 Å². The maximum Gasteiger partial charge on any atom is 0.213 e. The minimum Gasteiger partial charge on any atom is -0.478 e. The third kappa shape index (κ3) is 8.12. The van der Waals surface area contributed by atoms with Crippen LogP contribution in [-0.2, 0) is 6.54 Å². The smallest absolute Gasteiger partial charge is 0.213 e.